The van der Waals surface area contributed by atoms with Crippen LogP contribution in [0, 0.1) is 0 Å². The molecule has 0 heterocycles. The summed E-state index contributed by atoms with van der Waals surface area (Å²) in [5.41, 5.74) is 4.06. The van der Waals surface area contributed by atoms with Gasteiger partial charge in [-0.15, -0.1) is 0 Å². The number of esters is 3. The Hall–Kier alpha value is -3.93. The molecule has 0 saturated heterocycles. The summed E-state index contributed by atoms with van der Waals surface area (Å²) in [6.45, 7) is 13.7. The maximum Gasteiger partial charge on any atom is 0.338 e. The molecule has 1 unspecified atom stereocenters. The molecule has 3 rings (SSSR count). The Bertz CT molecular complexity index is 1140. The Balaban J connectivity index is 2.02. The Morgan fingerprint density at radius 2 is 1.62 bits per heavy atom. The van der Waals surface area contributed by atoms with E-state index in [0.717, 1.165) is 28.3 Å². The molecule has 0 amide bonds. The molecule has 0 N–H and O–H groups in total. The lowest BCUT2D eigenvalue weighted by molar-refractivity contribution is -0.143. The molecule has 164 valence electrons. The fourth-order valence-corrected chi connectivity index (χ4v) is 3.41. The molecule has 2 aromatic rings. The van der Waals surface area contributed by atoms with Crippen LogP contribution in [0.15, 0.2) is 73.4 Å². The van der Waals surface area contributed by atoms with Crippen LogP contribution >= 0.6 is 0 Å². The van der Waals surface area contributed by atoms with Crippen LogP contribution in [0.5, 0.6) is 11.5 Å². The van der Waals surface area contributed by atoms with Crippen LogP contribution in [-0.4, -0.2) is 17.9 Å². The average molecular weight is 432 g/mol. The number of carbonyl (C=O) groups is 3. The number of ether oxygens (including phenoxy) is 3. The second-order valence-electron chi connectivity index (χ2n) is 7.54. The predicted molar refractivity (Wildman–Crippen MR) is 120 cm³/mol. The summed E-state index contributed by atoms with van der Waals surface area (Å²) in [5, 5.41) is 0. The first kappa shape index (κ1) is 22.7. The van der Waals surface area contributed by atoms with Gasteiger partial charge in [0, 0.05) is 17.2 Å². The Kier molecular flexibility index (Phi) is 6.73. The summed E-state index contributed by atoms with van der Waals surface area (Å²) in [6, 6.07) is 10.7. The highest BCUT2D eigenvalue weighted by Gasteiger charge is 2.28. The van der Waals surface area contributed by atoms with Gasteiger partial charge in [0.25, 0.3) is 0 Å². The van der Waals surface area contributed by atoms with Crippen molar-refractivity contribution in [3.05, 3.63) is 84.5 Å². The largest absolute Gasteiger partial charge is 0.454 e. The van der Waals surface area contributed by atoms with E-state index in [1.165, 1.54) is 13.8 Å². The highest BCUT2D eigenvalue weighted by molar-refractivity contribution is 5.91. The monoisotopic (exact) mass is 432 g/mol. The molecule has 0 aromatic heterocycles. The van der Waals surface area contributed by atoms with Crippen LogP contribution < -0.4 is 9.47 Å². The molecule has 6 nitrogen and oxygen atoms in total. The summed E-state index contributed by atoms with van der Waals surface area (Å²) < 4.78 is 16.2. The fraction of sp³-hybridized carbons (Fsp3) is 0.192. The van der Waals surface area contributed by atoms with Crippen molar-refractivity contribution in [2.75, 3.05) is 0 Å². The van der Waals surface area contributed by atoms with E-state index in [1.807, 2.05) is 18.2 Å². The van der Waals surface area contributed by atoms with E-state index in [1.54, 1.807) is 18.2 Å². The molecule has 1 aliphatic carbocycles. The van der Waals surface area contributed by atoms with E-state index < -0.39 is 17.9 Å². The summed E-state index contributed by atoms with van der Waals surface area (Å²) in [4.78, 5) is 35.8. The van der Waals surface area contributed by atoms with Gasteiger partial charge in [0.15, 0.2) is 11.5 Å². The second kappa shape index (κ2) is 9.47. The van der Waals surface area contributed by atoms with E-state index in [-0.39, 0.29) is 28.7 Å². The van der Waals surface area contributed by atoms with Gasteiger partial charge in [-0.05, 0) is 61.1 Å². The number of rotatable bonds is 7. The number of fused-ring (bicyclic) bond motifs is 1. The quantitative estimate of drug-likeness (QED) is 0.347. The minimum atomic E-state index is -0.635. The number of hydrogen-bond acceptors (Lipinski definition) is 6. The second-order valence-corrected chi connectivity index (χ2v) is 7.54. The SMILES string of the molecule is C=CC(=O)OC1CCc2c(-c3ccc(OC(=O)C(=C)C)c(OC(=O)C(=C)C)c3)cccc21. The van der Waals surface area contributed by atoms with Gasteiger partial charge < -0.3 is 14.2 Å². The topological polar surface area (TPSA) is 78.9 Å². The minimum absolute atomic E-state index is 0.0929. The average Bonchev–Trinajstić information content (AvgIpc) is 3.17. The van der Waals surface area contributed by atoms with Gasteiger partial charge in [0.1, 0.15) is 6.10 Å². The lowest BCUT2D eigenvalue weighted by Gasteiger charge is -2.15. The van der Waals surface area contributed by atoms with Crippen LogP contribution in [0.25, 0.3) is 11.1 Å². The number of benzene rings is 2. The Morgan fingerprint density at radius 1 is 0.969 bits per heavy atom. The van der Waals surface area contributed by atoms with E-state index in [0.29, 0.717) is 12.8 Å². The molecule has 0 bridgehead atoms. The molecule has 1 aliphatic rings. The first-order chi connectivity index (χ1) is 15.2. The molecule has 0 spiro atoms. The molecule has 0 radical (unpaired) electrons. The van der Waals surface area contributed by atoms with Gasteiger partial charge in [-0.1, -0.05) is 44.0 Å². The van der Waals surface area contributed by atoms with Crippen molar-refractivity contribution in [1.29, 1.82) is 0 Å². The molecule has 0 aliphatic heterocycles. The third-order valence-corrected chi connectivity index (χ3v) is 5.00. The molecule has 1 atom stereocenters. The summed E-state index contributed by atoms with van der Waals surface area (Å²) in [6.07, 6.45) is 2.19. The van der Waals surface area contributed by atoms with Crippen LogP contribution in [0.4, 0.5) is 0 Å². The van der Waals surface area contributed by atoms with Crippen molar-refractivity contribution in [1.82, 2.24) is 0 Å². The molecule has 32 heavy (non-hydrogen) atoms. The van der Waals surface area contributed by atoms with Crippen LogP contribution in [0.3, 0.4) is 0 Å². The fourth-order valence-electron chi connectivity index (χ4n) is 3.41. The smallest absolute Gasteiger partial charge is 0.338 e. The number of carbonyl (C=O) groups excluding carboxylic acids is 3. The Labute approximate surface area is 186 Å². The zero-order valence-electron chi connectivity index (χ0n) is 18.1. The summed E-state index contributed by atoms with van der Waals surface area (Å²) in [7, 11) is 0. The third kappa shape index (κ3) is 4.86. The van der Waals surface area contributed by atoms with Gasteiger partial charge in [0.2, 0.25) is 0 Å². The first-order valence-electron chi connectivity index (χ1n) is 10.1. The predicted octanol–water partition coefficient (Wildman–Crippen LogP) is 5.03. The van der Waals surface area contributed by atoms with Gasteiger partial charge in [0.05, 0.1) is 0 Å². The lowest BCUT2D eigenvalue weighted by Crippen LogP contribution is -2.12. The van der Waals surface area contributed by atoms with Crippen molar-refractivity contribution in [2.24, 2.45) is 0 Å². The van der Waals surface area contributed by atoms with Gasteiger partial charge in [-0.3, -0.25) is 0 Å². The molecule has 2 aromatic carbocycles. The van der Waals surface area contributed by atoms with Crippen molar-refractivity contribution >= 4 is 17.9 Å². The van der Waals surface area contributed by atoms with Gasteiger partial charge >= 0.3 is 17.9 Å². The molecular weight excluding hydrogens is 408 g/mol. The van der Waals surface area contributed by atoms with Crippen molar-refractivity contribution in [3.8, 4) is 22.6 Å². The van der Waals surface area contributed by atoms with Gasteiger partial charge in [-0.25, -0.2) is 14.4 Å². The lowest BCUT2D eigenvalue weighted by atomic mass is 9.96. The summed E-state index contributed by atoms with van der Waals surface area (Å²) in [5.74, 6) is -1.54. The molecule has 0 saturated carbocycles. The zero-order chi connectivity index (χ0) is 23.4. The third-order valence-electron chi connectivity index (χ3n) is 5.00. The van der Waals surface area contributed by atoms with E-state index in [4.69, 9.17) is 14.2 Å². The van der Waals surface area contributed by atoms with E-state index in [2.05, 4.69) is 19.7 Å². The normalized spacial score (nSPS) is 14.1. The van der Waals surface area contributed by atoms with Gasteiger partial charge in [-0.2, -0.15) is 0 Å². The van der Waals surface area contributed by atoms with Crippen LogP contribution in [-0.2, 0) is 25.5 Å². The van der Waals surface area contributed by atoms with E-state index in [9.17, 15) is 14.4 Å². The molecule has 0 fully saturated rings. The molecule has 6 heteroatoms. The first-order valence-corrected chi connectivity index (χ1v) is 10.1. The highest BCUT2D eigenvalue weighted by atomic mass is 16.6. The minimum Gasteiger partial charge on any atom is -0.454 e. The highest BCUT2D eigenvalue weighted by Crippen LogP contribution is 2.41. The van der Waals surface area contributed by atoms with Crippen LogP contribution in [0.1, 0.15) is 37.5 Å². The van der Waals surface area contributed by atoms with Crippen molar-refractivity contribution in [2.45, 2.75) is 32.8 Å². The van der Waals surface area contributed by atoms with Crippen molar-refractivity contribution < 1.29 is 28.6 Å². The van der Waals surface area contributed by atoms with Crippen molar-refractivity contribution in [3.63, 3.8) is 0 Å². The van der Waals surface area contributed by atoms with E-state index >= 15 is 0 Å². The van der Waals surface area contributed by atoms with Crippen LogP contribution in [0.2, 0.25) is 0 Å². The maximum atomic E-state index is 12.2. The number of hydrogen-bond donors (Lipinski definition) is 0. The molecular formula is C26H24O6. The Morgan fingerprint density at radius 3 is 2.25 bits per heavy atom. The maximum absolute atomic E-state index is 12.2. The zero-order valence-corrected chi connectivity index (χ0v) is 18.1. The summed E-state index contributed by atoms with van der Waals surface area (Å²) >= 11 is 0. The standard InChI is InChI=1S/C26H24O6/c1-6-24(27)30-21-13-11-19-18(8-7-9-20(19)21)17-10-12-22(31-25(28)15(2)3)23(14-17)32-26(29)16(4)5/h6-10,12,14,21H,1-2,4,11,13H2,3,5H3.